The van der Waals surface area contributed by atoms with Gasteiger partial charge in [-0.25, -0.2) is 9.69 Å². The van der Waals surface area contributed by atoms with E-state index in [1.807, 2.05) is 0 Å². The first-order chi connectivity index (χ1) is 9.67. The highest BCUT2D eigenvalue weighted by atomic mass is 16.6. The molecule has 2 atom stereocenters. The largest absolute Gasteiger partial charge is 0.447 e. The van der Waals surface area contributed by atoms with Crippen LogP contribution in [0.4, 0.5) is 4.79 Å². The van der Waals surface area contributed by atoms with Crippen LogP contribution in [0.1, 0.15) is 32.6 Å². The van der Waals surface area contributed by atoms with E-state index in [1.54, 1.807) is 0 Å². The number of carbonyl (C=O) groups is 2. The molecular formula is C14H23N3O3. The van der Waals surface area contributed by atoms with E-state index in [9.17, 15) is 9.59 Å². The molecule has 6 heteroatoms. The molecule has 2 bridgehead atoms. The second-order valence-corrected chi connectivity index (χ2v) is 5.99. The van der Waals surface area contributed by atoms with E-state index in [-0.39, 0.29) is 5.91 Å². The molecule has 3 rings (SSSR count). The van der Waals surface area contributed by atoms with Gasteiger partial charge in [0.2, 0.25) is 5.91 Å². The molecule has 112 valence electrons. The zero-order chi connectivity index (χ0) is 14.1. The molecule has 0 aliphatic carbocycles. The smallest absolute Gasteiger partial charge is 0.416 e. The lowest BCUT2D eigenvalue weighted by atomic mass is 9.98. The molecule has 2 amide bonds. The van der Waals surface area contributed by atoms with Crippen molar-refractivity contribution >= 4 is 12.0 Å². The Morgan fingerprint density at radius 1 is 1.40 bits per heavy atom. The second-order valence-electron chi connectivity index (χ2n) is 5.99. The molecular weight excluding hydrogens is 258 g/mol. The summed E-state index contributed by atoms with van der Waals surface area (Å²) in [6.07, 6.45) is 4.25. The minimum absolute atomic E-state index is 0.125. The van der Waals surface area contributed by atoms with Crippen molar-refractivity contribution in [3.8, 4) is 0 Å². The minimum Gasteiger partial charge on any atom is -0.447 e. The third-order valence-corrected chi connectivity index (χ3v) is 4.77. The summed E-state index contributed by atoms with van der Waals surface area (Å²) < 4.78 is 4.83. The number of fused-ring (bicyclic) bond motifs is 2. The fourth-order valence-electron chi connectivity index (χ4n) is 3.70. The summed E-state index contributed by atoms with van der Waals surface area (Å²) >= 11 is 0. The van der Waals surface area contributed by atoms with Crippen molar-refractivity contribution in [2.45, 2.75) is 50.7 Å². The van der Waals surface area contributed by atoms with Gasteiger partial charge in [0.15, 0.2) is 0 Å². The van der Waals surface area contributed by atoms with Crippen molar-refractivity contribution in [2.24, 2.45) is 0 Å². The number of hydrogen-bond acceptors (Lipinski definition) is 5. The van der Waals surface area contributed by atoms with Crippen LogP contribution in [-0.4, -0.2) is 66.2 Å². The number of likely N-dealkylation sites (N-methyl/N-ethyl adjacent to an activating group) is 1. The Morgan fingerprint density at radius 2 is 2.10 bits per heavy atom. The van der Waals surface area contributed by atoms with Crippen LogP contribution in [-0.2, 0) is 9.53 Å². The Kier molecular flexibility index (Phi) is 3.94. The summed E-state index contributed by atoms with van der Waals surface area (Å²) in [5.41, 5.74) is 0. The van der Waals surface area contributed by atoms with Gasteiger partial charge in [-0.15, -0.1) is 0 Å². The van der Waals surface area contributed by atoms with E-state index in [0.717, 1.165) is 19.4 Å². The summed E-state index contributed by atoms with van der Waals surface area (Å²) in [4.78, 5) is 27.1. The number of nitrogens with zero attached hydrogens (tertiary/aromatic N) is 2. The molecule has 0 spiro atoms. The Hall–Kier alpha value is -1.14. The average Bonchev–Trinajstić information content (AvgIpc) is 3.01. The number of amides is 2. The van der Waals surface area contributed by atoms with Crippen LogP contribution in [0, 0.1) is 0 Å². The molecule has 0 aromatic heterocycles. The molecule has 2 unspecified atom stereocenters. The zero-order valence-corrected chi connectivity index (χ0v) is 12.0. The van der Waals surface area contributed by atoms with Crippen LogP contribution < -0.4 is 5.32 Å². The number of piperidine rings is 1. The van der Waals surface area contributed by atoms with Crippen molar-refractivity contribution in [1.29, 1.82) is 0 Å². The SMILES string of the molecule is CCN(CC(=O)N1CCOC1=O)C1CC2CCC(C1)N2. The molecule has 20 heavy (non-hydrogen) atoms. The Bertz CT molecular complexity index is 389. The normalized spacial score (nSPS) is 32.8. The van der Waals surface area contributed by atoms with E-state index in [1.165, 1.54) is 17.7 Å². The number of ether oxygens (including phenoxy) is 1. The van der Waals surface area contributed by atoms with Crippen molar-refractivity contribution in [1.82, 2.24) is 15.1 Å². The molecule has 3 heterocycles. The Morgan fingerprint density at radius 3 is 2.65 bits per heavy atom. The second kappa shape index (κ2) is 5.69. The molecule has 3 saturated heterocycles. The van der Waals surface area contributed by atoms with Crippen LogP contribution in [0.25, 0.3) is 0 Å². The molecule has 6 nitrogen and oxygen atoms in total. The van der Waals surface area contributed by atoms with Crippen LogP contribution in [0.2, 0.25) is 0 Å². The van der Waals surface area contributed by atoms with Gasteiger partial charge in [-0.1, -0.05) is 6.92 Å². The Labute approximate surface area is 119 Å². The average molecular weight is 281 g/mol. The number of nitrogens with one attached hydrogen (secondary N) is 1. The fraction of sp³-hybridized carbons (Fsp3) is 0.857. The van der Waals surface area contributed by atoms with Gasteiger partial charge < -0.3 is 10.1 Å². The standard InChI is InChI=1S/C14H23N3O3/c1-2-16(9-13(18)17-5-6-20-14(17)19)12-7-10-3-4-11(8-12)15-10/h10-12,15H,2-9H2,1H3. The molecule has 0 aromatic carbocycles. The van der Waals surface area contributed by atoms with E-state index >= 15 is 0 Å². The van der Waals surface area contributed by atoms with Gasteiger partial charge in [0.05, 0.1) is 13.1 Å². The predicted molar refractivity (Wildman–Crippen MR) is 73.3 cm³/mol. The van der Waals surface area contributed by atoms with E-state index in [2.05, 4.69) is 17.1 Å². The predicted octanol–water partition coefficient (Wildman–Crippen LogP) is 0.570. The van der Waals surface area contributed by atoms with E-state index in [4.69, 9.17) is 4.74 Å². The maximum absolute atomic E-state index is 12.2. The highest BCUT2D eigenvalue weighted by molar-refractivity contribution is 5.94. The molecule has 1 N–H and O–H groups in total. The molecule has 3 fully saturated rings. The number of carbonyl (C=O) groups excluding carboxylic acids is 2. The topological polar surface area (TPSA) is 61.9 Å². The quantitative estimate of drug-likeness (QED) is 0.816. The summed E-state index contributed by atoms with van der Waals surface area (Å²) in [6.45, 7) is 3.98. The van der Waals surface area contributed by atoms with Crippen LogP contribution in [0.15, 0.2) is 0 Å². The van der Waals surface area contributed by atoms with Gasteiger partial charge in [0.1, 0.15) is 6.61 Å². The highest BCUT2D eigenvalue weighted by Gasteiger charge is 2.37. The molecule has 0 radical (unpaired) electrons. The fourth-order valence-corrected chi connectivity index (χ4v) is 3.70. The first-order valence-corrected chi connectivity index (χ1v) is 7.64. The molecule has 0 saturated carbocycles. The summed E-state index contributed by atoms with van der Waals surface area (Å²) in [7, 11) is 0. The van der Waals surface area contributed by atoms with Gasteiger partial charge in [-0.3, -0.25) is 9.69 Å². The van der Waals surface area contributed by atoms with E-state index in [0.29, 0.717) is 37.8 Å². The molecule has 3 aliphatic heterocycles. The first-order valence-electron chi connectivity index (χ1n) is 7.64. The molecule has 0 aromatic rings. The summed E-state index contributed by atoms with van der Waals surface area (Å²) in [6, 6.07) is 1.68. The number of hydrogen-bond donors (Lipinski definition) is 1. The van der Waals surface area contributed by atoms with Crippen molar-refractivity contribution in [3.05, 3.63) is 0 Å². The number of cyclic esters (lactones) is 1. The third-order valence-electron chi connectivity index (χ3n) is 4.77. The first kappa shape index (κ1) is 13.8. The van der Waals surface area contributed by atoms with Gasteiger partial charge >= 0.3 is 6.09 Å². The maximum Gasteiger partial charge on any atom is 0.416 e. The lowest BCUT2D eigenvalue weighted by Gasteiger charge is -2.37. The highest BCUT2D eigenvalue weighted by Crippen LogP contribution is 2.29. The third kappa shape index (κ3) is 2.67. The van der Waals surface area contributed by atoms with Gasteiger partial charge in [-0.05, 0) is 32.2 Å². The zero-order valence-electron chi connectivity index (χ0n) is 12.0. The summed E-state index contributed by atoms with van der Waals surface area (Å²) in [5, 5.41) is 3.62. The Balaban J connectivity index is 1.59. The lowest BCUT2D eigenvalue weighted by molar-refractivity contribution is -0.129. The van der Waals surface area contributed by atoms with Gasteiger partial charge in [0.25, 0.3) is 0 Å². The van der Waals surface area contributed by atoms with E-state index < -0.39 is 6.09 Å². The maximum atomic E-state index is 12.2. The van der Waals surface area contributed by atoms with Gasteiger partial charge in [0, 0.05) is 18.1 Å². The number of rotatable bonds is 4. The van der Waals surface area contributed by atoms with Crippen LogP contribution in [0.5, 0.6) is 0 Å². The van der Waals surface area contributed by atoms with Gasteiger partial charge in [-0.2, -0.15) is 0 Å². The van der Waals surface area contributed by atoms with Crippen LogP contribution >= 0.6 is 0 Å². The molecule has 3 aliphatic rings. The minimum atomic E-state index is -0.489. The van der Waals surface area contributed by atoms with Crippen LogP contribution in [0.3, 0.4) is 0 Å². The van der Waals surface area contributed by atoms with Crippen molar-refractivity contribution < 1.29 is 14.3 Å². The van der Waals surface area contributed by atoms with Crippen molar-refractivity contribution in [3.63, 3.8) is 0 Å². The summed E-state index contributed by atoms with van der Waals surface area (Å²) in [5.74, 6) is -0.125. The lowest BCUT2D eigenvalue weighted by Crippen LogP contribution is -2.51. The number of imide groups is 1. The monoisotopic (exact) mass is 281 g/mol. The van der Waals surface area contributed by atoms with Crippen molar-refractivity contribution in [2.75, 3.05) is 26.2 Å².